The number of aromatic nitrogens is 1. The molecule has 4 rings (SSSR count). The molecule has 2 aromatic carbocycles. The van der Waals surface area contributed by atoms with Gasteiger partial charge in [-0.15, -0.1) is 0 Å². The van der Waals surface area contributed by atoms with Crippen LogP contribution in [0.1, 0.15) is 22.3 Å². The van der Waals surface area contributed by atoms with Gasteiger partial charge in [-0.3, -0.25) is 4.79 Å². The summed E-state index contributed by atoms with van der Waals surface area (Å²) in [7, 11) is 0. The van der Waals surface area contributed by atoms with E-state index in [1.165, 1.54) is 6.07 Å². The third kappa shape index (κ3) is 4.63. The van der Waals surface area contributed by atoms with Crippen LogP contribution in [0.2, 0.25) is 0 Å². The Morgan fingerprint density at radius 3 is 2.48 bits per heavy atom. The highest BCUT2D eigenvalue weighted by molar-refractivity contribution is 6.00. The number of hydrogen-bond acceptors (Lipinski definition) is 4. The molecule has 160 valence electrons. The number of benzene rings is 2. The van der Waals surface area contributed by atoms with E-state index < -0.39 is 17.6 Å². The third-order valence-corrected chi connectivity index (χ3v) is 5.21. The van der Waals surface area contributed by atoms with E-state index in [9.17, 15) is 18.0 Å². The predicted molar refractivity (Wildman–Crippen MR) is 111 cm³/mol. The zero-order valence-electron chi connectivity index (χ0n) is 16.5. The minimum Gasteiger partial charge on any atom is -0.472 e. The molecule has 1 aliphatic rings. The molecular formula is C23H20F3N3O2. The molecule has 0 spiro atoms. The van der Waals surface area contributed by atoms with Crippen molar-refractivity contribution in [2.75, 3.05) is 18.0 Å². The average molecular weight is 427 g/mol. The number of carbonyl (C=O) groups is 1. The Kier molecular flexibility index (Phi) is 5.54. The summed E-state index contributed by atoms with van der Waals surface area (Å²) in [5.74, 6) is -0.393. The fourth-order valence-corrected chi connectivity index (χ4v) is 3.65. The molecule has 0 unspecified atom stereocenters. The Balaban J connectivity index is 1.49. The fourth-order valence-electron chi connectivity index (χ4n) is 3.65. The number of primary amides is 1. The van der Waals surface area contributed by atoms with Gasteiger partial charge in [-0.25, -0.2) is 4.98 Å². The number of carbonyl (C=O) groups excluding carboxylic acids is 1. The minimum absolute atomic E-state index is 0.134. The molecule has 0 aliphatic carbocycles. The van der Waals surface area contributed by atoms with Gasteiger partial charge in [0.15, 0.2) is 0 Å². The van der Waals surface area contributed by atoms with Crippen molar-refractivity contribution in [2.45, 2.75) is 18.7 Å². The van der Waals surface area contributed by atoms with E-state index >= 15 is 0 Å². The van der Waals surface area contributed by atoms with Gasteiger partial charge in [-0.1, -0.05) is 36.4 Å². The number of amides is 1. The molecule has 1 fully saturated rings. The van der Waals surface area contributed by atoms with Gasteiger partial charge in [-0.2, -0.15) is 13.2 Å². The smallest absolute Gasteiger partial charge is 0.417 e. The molecule has 8 heteroatoms. The molecule has 1 amide bonds. The molecule has 3 aromatic rings. The predicted octanol–water partition coefficient (Wildman–Crippen LogP) is 4.52. The number of hydrogen-bond donors (Lipinski definition) is 1. The first kappa shape index (κ1) is 20.7. The lowest BCUT2D eigenvalue weighted by molar-refractivity contribution is -0.137. The highest BCUT2D eigenvalue weighted by atomic mass is 19.4. The minimum atomic E-state index is -4.44. The highest BCUT2D eigenvalue weighted by Crippen LogP contribution is 2.32. The lowest BCUT2D eigenvalue weighted by atomic mass is 10.0. The van der Waals surface area contributed by atoms with Gasteiger partial charge in [0, 0.05) is 30.9 Å². The summed E-state index contributed by atoms with van der Waals surface area (Å²) in [5.41, 5.74) is 7.80. The van der Waals surface area contributed by atoms with E-state index in [2.05, 4.69) is 4.98 Å². The number of rotatable bonds is 5. The first-order valence-corrected chi connectivity index (χ1v) is 9.75. The molecule has 1 aromatic heterocycles. The van der Waals surface area contributed by atoms with E-state index in [0.29, 0.717) is 30.8 Å². The first-order chi connectivity index (χ1) is 14.8. The maximum Gasteiger partial charge on any atom is 0.417 e. The summed E-state index contributed by atoms with van der Waals surface area (Å²) in [6.07, 6.45) is -3.30. The Labute approximate surface area is 177 Å². The molecule has 1 saturated heterocycles. The maximum absolute atomic E-state index is 12.7. The zero-order valence-corrected chi connectivity index (χ0v) is 16.5. The number of alkyl halides is 3. The standard InChI is InChI=1S/C23H20F3N3O2/c24-23(25,26)17-7-9-21(28-13-17)31-18-10-11-29(14-18)20-8-6-16(12-19(20)22(27)30)15-4-2-1-3-5-15/h1-9,12-13,18H,10-11,14H2,(H2,27,30)/t18-/m0/s1. The second-order valence-corrected chi connectivity index (χ2v) is 7.32. The summed E-state index contributed by atoms with van der Waals surface area (Å²) in [6.45, 7) is 1.09. The van der Waals surface area contributed by atoms with Crippen molar-refractivity contribution in [3.63, 3.8) is 0 Å². The number of ether oxygens (including phenoxy) is 1. The number of anilines is 1. The molecule has 1 aliphatic heterocycles. The fraction of sp³-hybridized carbons (Fsp3) is 0.217. The number of halogens is 3. The van der Waals surface area contributed by atoms with Gasteiger partial charge in [0.1, 0.15) is 6.10 Å². The van der Waals surface area contributed by atoms with Crippen molar-refractivity contribution in [1.82, 2.24) is 4.98 Å². The Morgan fingerprint density at radius 2 is 1.84 bits per heavy atom. The van der Waals surface area contributed by atoms with E-state index in [1.54, 1.807) is 6.07 Å². The molecule has 0 radical (unpaired) electrons. The van der Waals surface area contributed by atoms with Gasteiger partial charge < -0.3 is 15.4 Å². The number of nitrogens with zero attached hydrogens (tertiary/aromatic N) is 2. The lowest BCUT2D eigenvalue weighted by Gasteiger charge is -2.22. The molecule has 2 heterocycles. The third-order valence-electron chi connectivity index (χ3n) is 5.21. The summed E-state index contributed by atoms with van der Waals surface area (Å²) < 4.78 is 43.8. The maximum atomic E-state index is 12.7. The quantitative estimate of drug-likeness (QED) is 0.650. The first-order valence-electron chi connectivity index (χ1n) is 9.75. The number of nitrogens with two attached hydrogens (primary N) is 1. The van der Waals surface area contributed by atoms with E-state index in [4.69, 9.17) is 10.5 Å². The summed E-state index contributed by atoms with van der Waals surface area (Å²) >= 11 is 0. The molecule has 31 heavy (non-hydrogen) atoms. The monoisotopic (exact) mass is 427 g/mol. The van der Waals surface area contributed by atoms with Crippen LogP contribution in [0.4, 0.5) is 18.9 Å². The van der Waals surface area contributed by atoms with E-state index in [1.807, 2.05) is 47.4 Å². The van der Waals surface area contributed by atoms with Crippen molar-refractivity contribution in [3.05, 3.63) is 78.0 Å². The molecule has 0 bridgehead atoms. The van der Waals surface area contributed by atoms with Gasteiger partial charge in [-0.05, 0) is 29.3 Å². The topological polar surface area (TPSA) is 68.5 Å². The molecule has 0 saturated carbocycles. The second kappa shape index (κ2) is 8.29. The Morgan fingerprint density at radius 1 is 1.06 bits per heavy atom. The van der Waals surface area contributed by atoms with Crippen LogP contribution in [-0.4, -0.2) is 30.1 Å². The Hall–Kier alpha value is -3.55. The van der Waals surface area contributed by atoms with E-state index in [0.717, 1.165) is 23.4 Å². The van der Waals surface area contributed by atoms with Crippen molar-refractivity contribution in [2.24, 2.45) is 5.73 Å². The lowest BCUT2D eigenvalue weighted by Crippen LogP contribution is -2.27. The summed E-state index contributed by atoms with van der Waals surface area (Å²) in [4.78, 5) is 17.9. The zero-order chi connectivity index (χ0) is 22.0. The second-order valence-electron chi connectivity index (χ2n) is 7.32. The van der Waals surface area contributed by atoms with Crippen molar-refractivity contribution in [1.29, 1.82) is 0 Å². The van der Waals surface area contributed by atoms with Gasteiger partial charge in [0.25, 0.3) is 5.91 Å². The number of pyridine rings is 1. The van der Waals surface area contributed by atoms with Crippen LogP contribution < -0.4 is 15.4 Å². The van der Waals surface area contributed by atoms with Crippen LogP contribution in [0.25, 0.3) is 11.1 Å². The Bertz CT molecular complexity index is 1070. The summed E-state index contributed by atoms with van der Waals surface area (Å²) in [6, 6.07) is 17.4. The largest absolute Gasteiger partial charge is 0.472 e. The van der Waals surface area contributed by atoms with Crippen molar-refractivity contribution >= 4 is 11.6 Å². The van der Waals surface area contributed by atoms with Crippen LogP contribution >= 0.6 is 0 Å². The average Bonchev–Trinajstić information content (AvgIpc) is 3.22. The normalized spacial score (nSPS) is 16.4. The van der Waals surface area contributed by atoms with Crippen LogP contribution in [0.15, 0.2) is 66.9 Å². The van der Waals surface area contributed by atoms with Crippen LogP contribution in [0, 0.1) is 0 Å². The molecule has 5 nitrogen and oxygen atoms in total. The molecule has 1 atom stereocenters. The highest BCUT2D eigenvalue weighted by Gasteiger charge is 2.31. The molecule has 2 N–H and O–H groups in total. The van der Waals surface area contributed by atoms with Crippen LogP contribution in [0.3, 0.4) is 0 Å². The summed E-state index contributed by atoms with van der Waals surface area (Å²) in [5, 5.41) is 0. The van der Waals surface area contributed by atoms with Crippen LogP contribution in [0.5, 0.6) is 5.88 Å². The van der Waals surface area contributed by atoms with Crippen molar-refractivity contribution < 1.29 is 22.7 Å². The SMILES string of the molecule is NC(=O)c1cc(-c2ccccc2)ccc1N1CC[C@H](Oc2ccc(C(F)(F)F)cn2)C1. The van der Waals surface area contributed by atoms with Crippen molar-refractivity contribution in [3.8, 4) is 17.0 Å². The van der Waals surface area contributed by atoms with Gasteiger partial charge in [0.2, 0.25) is 5.88 Å². The van der Waals surface area contributed by atoms with E-state index in [-0.39, 0.29) is 12.0 Å². The van der Waals surface area contributed by atoms with Crippen LogP contribution in [-0.2, 0) is 6.18 Å². The molecular weight excluding hydrogens is 407 g/mol. The van der Waals surface area contributed by atoms with Gasteiger partial charge >= 0.3 is 6.18 Å². The van der Waals surface area contributed by atoms with Gasteiger partial charge in [0.05, 0.1) is 17.7 Å².